The molecule has 1 amide bonds. The SMILES string of the molecule is CC1CCC(C(=O)NC(C)(C)CCO)CC1. The molecule has 3 heteroatoms. The monoisotopic (exact) mass is 227 g/mol. The van der Waals surface area contributed by atoms with Crippen LogP contribution >= 0.6 is 0 Å². The van der Waals surface area contributed by atoms with Gasteiger partial charge in [-0.05, 0) is 51.9 Å². The highest BCUT2D eigenvalue weighted by Crippen LogP contribution is 2.28. The number of aliphatic hydroxyl groups excluding tert-OH is 1. The molecule has 1 rings (SSSR count). The molecule has 0 aromatic rings. The minimum absolute atomic E-state index is 0.120. The van der Waals surface area contributed by atoms with Crippen LogP contribution in [0.4, 0.5) is 0 Å². The first-order valence-electron chi connectivity index (χ1n) is 6.37. The molecule has 0 aliphatic heterocycles. The summed E-state index contributed by atoms with van der Waals surface area (Å²) in [5.41, 5.74) is -0.283. The van der Waals surface area contributed by atoms with E-state index in [2.05, 4.69) is 12.2 Å². The number of amides is 1. The van der Waals surface area contributed by atoms with Crippen molar-refractivity contribution in [2.45, 2.75) is 58.4 Å². The number of rotatable bonds is 4. The largest absolute Gasteiger partial charge is 0.396 e. The molecule has 1 saturated carbocycles. The maximum absolute atomic E-state index is 12.0. The number of carbonyl (C=O) groups excluding carboxylic acids is 1. The molecular formula is C13H25NO2. The van der Waals surface area contributed by atoms with Crippen molar-refractivity contribution in [3.63, 3.8) is 0 Å². The van der Waals surface area contributed by atoms with E-state index in [4.69, 9.17) is 5.11 Å². The summed E-state index contributed by atoms with van der Waals surface area (Å²) in [7, 11) is 0. The third-order valence-corrected chi connectivity index (χ3v) is 3.59. The maximum atomic E-state index is 12.0. The van der Waals surface area contributed by atoms with Gasteiger partial charge in [0.2, 0.25) is 5.91 Å². The van der Waals surface area contributed by atoms with Gasteiger partial charge in [0.05, 0.1) is 0 Å². The van der Waals surface area contributed by atoms with Crippen molar-refractivity contribution < 1.29 is 9.90 Å². The molecule has 0 aromatic heterocycles. The van der Waals surface area contributed by atoms with E-state index in [1.165, 1.54) is 12.8 Å². The standard InChI is InChI=1S/C13H25NO2/c1-10-4-6-11(7-5-10)12(16)14-13(2,3)8-9-15/h10-11,15H,4-9H2,1-3H3,(H,14,16). The van der Waals surface area contributed by atoms with Crippen LogP contribution in [0.5, 0.6) is 0 Å². The van der Waals surface area contributed by atoms with Crippen LogP contribution in [0.3, 0.4) is 0 Å². The van der Waals surface area contributed by atoms with Crippen LogP contribution < -0.4 is 5.32 Å². The van der Waals surface area contributed by atoms with Gasteiger partial charge in [0.15, 0.2) is 0 Å². The lowest BCUT2D eigenvalue weighted by atomic mass is 9.82. The number of hydrogen-bond acceptors (Lipinski definition) is 2. The fraction of sp³-hybridized carbons (Fsp3) is 0.923. The maximum Gasteiger partial charge on any atom is 0.223 e. The van der Waals surface area contributed by atoms with E-state index in [1.54, 1.807) is 0 Å². The van der Waals surface area contributed by atoms with Crippen LogP contribution in [0.2, 0.25) is 0 Å². The normalized spacial score (nSPS) is 26.5. The molecule has 1 fully saturated rings. The Kier molecular flexibility index (Phi) is 4.78. The molecule has 0 aromatic carbocycles. The highest BCUT2D eigenvalue weighted by molar-refractivity contribution is 5.79. The predicted octanol–water partition coefficient (Wildman–Crippen LogP) is 2.09. The Morgan fingerprint density at radius 1 is 1.31 bits per heavy atom. The third kappa shape index (κ3) is 4.12. The van der Waals surface area contributed by atoms with Crippen LogP contribution in [0, 0.1) is 11.8 Å². The second-order valence-electron chi connectivity index (χ2n) is 5.80. The second kappa shape index (κ2) is 5.67. The molecule has 1 aliphatic rings. The topological polar surface area (TPSA) is 49.3 Å². The zero-order valence-electron chi connectivity index (χ0n) is 10.8. The van der Waals surface area contributed by atoms with E-state index in [1.807, 2.05) is 13.8 Å². The molecule has 0 heterocycles. The molecular weight excluding hydrogens is 202 g/mol. The lowest BCUT2D eigenvalue weighted by Crippen LogP contribution is -2.47. The minimum Gasteiger partial charge on any atom is -0.396 e. The van der Waals surface area contributed by atoms with Gasteiger partial charge in [-0.3, -0.25) is 4.79 Å². The molecule has 0 atom stereocenters. The van der Waals surface area contributed by atoms with E-state index in [9.17, 15) is 4.79 Å². The van der Waals surface area contributed by atoms with Crippen molar-refractivity contribution in [3.05, 3.63) is 0 Å². The van der Waals surface area contributed by atoms with E-state index >= 15 is 0 Å². The van der Waals surface area contributed by atoms with Crippen molar-refractivity contribution in [3.8, 4) is 0 Å². The molecule has 3 nitrogen and oxygen atoms in total. The Morgan fingerprint density at radius 2 is 1.88 bits per heavy atom. The van der Waals surface area contributed by atoms with Gasteiger partial charge in [-0.15, -0.1) is 0 Å². The molecule has 16 heavy (non-hydrogen) atoms. The van der Waals surface area contributed by atoms with Crippen molar-refractivity contribution in [2.24, 2.45) is 11.8 Å². The number of nitrogens with one attached hydrogen (secondary N) is 1. The summed E-state index contributed by atoms with van der Waals surface area (Å²) in [5.74, 6) is 1.13. The Hall–Kier alpha value is -0.570. The molecule has 1 aliphatic carbocycles. The minimum atomic E-state index is -0.283. The fourth-order valence-electron chi connectivity index (χ4n) is 2.30. The molecule has 94 valence electrons. The summed E-state index contributed by atoms with van der Waals surface area (Å²) in [6, 6.07) is 0. The molecule has 0 radical (unpaired) electrons. The average molecular weight is 227 g/mol. The van der Waals surface area contributed by atoms with Gasteiger partial charge in [-0.2, -0.15) is 0 Å². The Labute approximate surface area is 98.6 Å². The van der Waals surface area contributed by atoms with E-state index < -0.39 is 0 Å². The van der Waals surface area contributed by atoms with Gasteiger partial charge >= 0.3 is 0 Å². The Bertz CT molecular complexity index is 230. The quantitative estimate of drug-likeness (QED) is 0.772. The molecule has 2 N–H and O–H groups in total. The number of aliphatic hydroxyl groups is 1. The highest BCUT2D eigenvalue weighted by Gasteiger charge is 2.28. The van der Waals surface area contributed by atoms with E-state index in [0.717, 1.165) is 18.8 Å². The highest BCUT2D eigenvalue weighted by atomic mass is 16.3. The molecule has 0 saturated heterocycles. The summed E-state index contributed by atoms with van der Waals surface area (Å²) >= 11 is 0. The predicted molar refractivity (Wildman–Crippen MR) is 65.0 cm³/mol. The van der Waals surface area contributed by atoms with Gasteiger partial charge < -0.3 is 10.4 Å². The lowest BCUT2D eigenvalue weighted by Gasteiger charge is -2.31. The van der Waals surface area contributed by atoms with Crippen molar-refractivity contribution in [2.75, 3.05) is 6.61 Å². The Balaban J connectivity index is 2.40. The van der Waals surface area contributed by atoms with Crippen molar-refractivity contribution in [1.82, 2.24) is 5.32 Å². The summed E-state index contributed by atoms with van der Waals surface area (Å²) in [4.78, 5) is 12.0. The van der Waals surface area contributed by atoms with Crippen molar-refractivity contribution in [1.29, 1.82) is 0 Å². The number of hydrogen-bond donors (Lipinski definition) is 2. The van der Waals surface area contributed by atoms with Gasteiger partial charge in [0.1, 0.15) is 0 Å². The van der Waals surface area contributed by atoms with Crippen LogP contribution in [0.25, 0.3) is 0 Å². The van der Waals surface area contributed by atoms with Crippen LogP contribution in [0.1, 0.15) is 52.9 Å². The van der Waals surface area contributed by atoms with Crippen LogP contribution in [-0.2, 0) is 4.79 Å². The van der Waals surface area contributed by atoms with Gasteiger partial charge in [0.25, 0.3) is 0 Å². The van der Waals surface area contributed by atoms with Gasteiger partial charge in [-0.25, -0.2) is 0 Å². The first kappa shape index (κ1) is 13.5. The molecule has 0 bridgehead atoms. The summed E-state index contributed by atoms with van der Waals surface area (Å²) < 4.78 is 0. The molecule has 0 spiro atoms. The lowest BCUT2D eigenvalue weighted by molar-refractivity contribution is -0.128. The van der Waals surface area contributed by atoms with Gasteiger partial charge in [0, 0.05) is 18.1 Å². The molecule has 0 unspecified atom stereocenters. The summed E-state index contributed by atoms with van der Waals surface area (Å²) in [6.07, 6.45) is 4.98. The smallest absolute Gasteiger partial charge is 0.223 e. The zero-order valence-corrected chi connectivity index (χ0v) is 10.8. The summed E-state index contributed by atoms with van der Waals surface area (Å²) in [6.45, 7) is 6.30. The van der Waals surface area contributed by atoms with Crippen LogP contribution in [0.15, 0.2) is 0 Å². The number of carbonyl (C=O) groups is 1. The first-order chi connectivity index (χ1) is 7.44. The van der Waals surface area contributed by atoms with Crippen LogP contribution in [-0.4, -0.2) is 23.2 Å². The van der Waals surface area contributed by atoms with Crippen molar-refractivity contribution >= 4 is 5.91 Å². The third-order valence-electron chi connectivity index (χ3n) is 3.59. The Morgan fingerprint density at radius 3 is 2.38 bits per heavy atom. The fourth-order valence-corrected chi connectivity index (χ4v) is 2.30. The average Bonchev–Trinajstić information content (AvgIpc) is 2.17. The van der Waals surface area contributed by atoms with Gasteiger partial charge in [-0.1, -0.05) is 6.92 Å². The zero-order chi connectivity index (χ0) is 12.2. The van der Waals surface area contributed by atoms with E-state index in [0.29, 0.717) is 6.42 Å². The van der Waals surface area contributed by atoms with E-state index in [-0.39, 0.29) is 24.0 Å². The first-order valence-corrected chi connectivity index (χ1v) is 6.37. The summed E-state index contributed by atoms with van der Waals surface area (Å²) in [5, 5.41) is 12.0. The second-order valence-corrected chi connectivity index (χ2v) is 5.80.